The van der Waals surface area contributed by atoms with Crippen LogP contribution in [-0.2, 0) is 0 Å². The van der Waals surface area contributed by atoms with E-state index in [0.29, 0.717) is 0 Å². The largest absolute Gasteiger partial charge is 0.370 e. The third kappa shape index (κ3) is 5.15. The molecule has 0 aliphatic rings. The molecule has 8 heavy (non-hydrogen) atoms. The SMILES string of the molecule is NC(=O)NC(O)(O)O. The van der Waals surface area contributed by atoms with E-state index in [-0.39, 0.29) is 0 Å². The zero-order valence-electron chi connectivity index (χ0n) is 3.83. The van der Waals surface area contributed by atoms with Gasteiger partial charge in [0, 0.05) is 0 Å². The topological polar surface area (TPSA) is 116 Å². The van der Waals surface area contributed by atoms with Crippen LogP contribution in [0, 0.1) is 0 Å². The van der Waals surface area contributed by atoms with E-state index < -0.39 is 12.1 Å². The summed E-state index contributed by atoms with van der Waals surface area (Å²) in [5.74, 6) is 0. The predicted octanol–water partition coefficient (Wildman–Crippen LogP) is -2.76. The summed E-state index contributed by atoms with van der Waals surface area (Å²) in [6, 6.07) is -1.22. The molecule has 0 aromatic rings. The fraction of sp³-hybridized carbons (Fsp3) is 0.500. The molecule has 0 aromatic carbocycles. The van der Waals surface area contributed by atoms with E-state index in [4.69, 9.17) is 15.3 Å². The Kier molecular flexibility index (Phi) is 1.74. The highest BCUT2D eigenvalue weighted by Gasteiger charge is 2.18. The fourth-order valence-corrected chi connectivity index (χ4v) is 0.165. The second-order valence-electron chi connectivity index (χ2n) is 1.12. The van der Waals surface area contributed by atoms with Crippen LogP contribution in [0.5, 0.6) is 0 Å². The molecule has 0 atom stereocenters. The van der Waals surface area contributed by atoms with Crippen molar-refractivity contribution >= 4 is 6.03 Å². The van der Waals surface area contributed by atoms with Crippen LogP contribution in [0.15, 0.2) is 0 Å². The average Bonchev–Trinajstić information content (AvgIpc) is 1.21. The molecular weight excluding hydrogens is 116 g/mol. The van der Waals surface area contributed by atoms with E-state index in [1.54, 1.807) is 0 Å². The van der Waals surface area contributed by atoms with Gasteiger partial charge >= 0.3 is 12.1 Å². The second-order valence-corrected chi connectivity index (χ2v) is 1.12. The summed E-state index contributed by atoms with van der Waals surface area (Å²) in [4.78, 5) is 9.65. The number of nitrogens with two attached hydrogens (primary N) is 1. The number of hydrogen-bond acceptors (Lipinski definition) is 4. The van der Waals surface area contributed by atoms with Gasteiger partial charge in [-0.15, -0.1) is 0 Å². The van der Waals surface area contributed by atoms with Crippen LogP contribution in [0.1, 0.15) is 0 Å². The van der Waals surface area contributed by atoms with E-state index >= 15 is 0 Å². The molecule has 6 N–H and O–H groups in total. The van der Waals surface area contributed by atoms with Gasteiger partial charge in [0.25, 0.3) is 0 Å². The molecular formula is C2H6N2O4. The first-order chi connectivity index (χ1) is 3.42. The van der Waals surface area contributed by atoms with Crippen LogP contribution in [0.2, 0.25) is 0 Å². The molecule has 0 spiro atoms. The highest BCUT2D eigenvalue weighted by atomic mass is 16.7. The Bertz CT molecular complexity index is 94.7. The number of hydrogen-bond donors (Lipinski definition) is 5. The Morgan fingerprint density at radius 1 is 1.50 bits per heavy atom. The molecule has 48 valence electrons. The van der Waals surface area contributed by atoms with Crippen molar-refractivity contribution in [3.63, 3.8) is 0 Å². The van der Waals surface area contributed by atoms with Gasteiger partial charge in [-0.25, -0.2) is 4.79 Å². The number of nitrogens with one attached hydrogen (secondary N) is 1. The van der Waals surface area contributed by atoms with Crippen LogP contribution in [-0.4, -0.2) is 27.4 Å². The minimum atomic E-state index is -3.20. The Morgan fingerprint density at radius 3 is 1.88 bits per heavy atom. The molecule has 0 heterocycles. The van der Waals surface area contributed by atoms with Crippen molar-refractivity contribution in [2.24, 2.45) is 5.73 Å². The quantitative estimate of drug-likeness (QED) is 0.242. The van der Waals surface area contributed by atoms with Crippen LogP contribution in [0.25, 0.3) is 0 Å². The van der Waals surface area contributed by atoms with Crippen molar-refractivity contribution < 1.29 is 20.1 Å². The van der Waals surface area contributed by atoms with E-state index in [2.05, 4.69) is 5.73 Å². The maximum atomic E-state index is 9.65. The first-order valence-corrected chi connectivity index (χ1v) is 1.66. The zero-order valence-corrected chi connectivity index (χ0v) is 3.83. The van der Waals surface area contributed by atoms with E-state index in [0.717, 1.165) is 0 Å². The van der Waals surface area contributed by atoms with Gasteiger partial charge in [0.15, 0.2) is 0 Å². The number of carbonyl (C=O) groups is 1. The summed E-state index contributed by atoms with van der Waals surface area (Å²) in [6.07, 6.45) is -3.20. The fourth-order valence-electron chi connectivity index (χ4n) is 0.165. The second kappa shape index (κ2) is 1.95. The number of amides is 2. The maximum Gasteiger partial charge on any atom is 0.370 e. The summed E-state index contributed by atoms with van der Waals surface area (Å²) in [6.45, 7) is 0. The van der Waals surface area contributed by atoms with Gasteiger partial charge in [0.05, 0.1) is 0 Å². The molecule has 0 rings (SSSR count). The lowest BCUT2D eigenvalue weighted by molar-refractivity contribution is -0.322. The highest BCUT2D eigenvalue weighted by Crippen LogP contribution is 1.80. The number of aliphatic hydroxyl groups is 3. The van der Waals surface area contributed by atoms with Crippen LogP contribution >= 0.6 is 0 Å². The predicted molar refractivity (Wildman–Crippen MR) is 22.1 cm³/mol. The standard InChI is InChI=1S/C2H6N2O4/c3-1(5)4-2(6,7)8/h6-8H,(H3,3,4,5). The van der Waals surface area contributed by atoms with Gasteiger partial charge in [0.1, 0.15) is 0 Å². The molecule has 0 aromatic heterocycles. The van der Waals surface area contributed by atoms with Crippen LogP contribution < -0.4 is 11.1 Å². The van der Waals surface area contributed by atoms with Crippen molar-refractivity contribution in [3.8, 4) is 0 Å². The molecule has 6 nitrogen and oxygen atoms in total. The molecule has 0 saturated heterocycles. The third-order valence-corrected chi connectivity index (χ3v) is 0.291. The number of primary amides is 1. The lowest BCUT2D eigenvalue weighted by Crippen LogP contribution is -2.50. The zero-order chi connectivity index (χ0) is 6.78. The van der Waals surface area contributed by atoms with Gasteiger partial charge in [-0.05, 0) is 0 Å². The van der Waals surface area contributed by atoms with Crippen molar-refractivity contribution in [2.45, 2.75) is 6.10 Å². The Morgan fingerprint density at radius 2 is 1.88 bits per heavy atom. The number of urea groups is 1. The normalized spacial score (nSPS) is 10.9. The summed E-state index contributed by atoms with van der Waals surface area (Å²) in [5.41, 5.74) is 4.35. The monoisotopic (exact) mass is 122 g/mol. The van der Waals surface area contributed by atoms with Crippen LogP contribution in [0.3, 0.4) is 0 Å². The molecule has 0 unspecified atom stereocenters. The van der Waals surface area contributed by atoms with E-state index in [1.807, 2.05) is 0 Å². The molecule has 0 radical (unpaired) electrons. The Labute approximate surface area is 44.5 Å². The van der Waals surface area contributed by atoms with Gasteiger partial charge in [-0.1, -0.05) is 0 Å². The molecule has 0 saturated carbocycles. The molecule has 2 amide bonds. The first-order valence-electron chi connectivity index (χ1n) is 1.66. The van der Waals surface area contributed by atoms with Gasteiger partial charge in [0.2, 0.25) is 0 Å². The molecule has 0 aliphatic carbocycles. The molecule has 0 aliphatic heterocycles. The third-order valence-electron chi connectivity index (χ3n) is 0.291. The smallest absolute Gasteiger partial charge is 0.351 e. The molecule has 0 fully saturated rings. The van der Waals surface area contributed by atoms with E-state index in [9.17, 15) is 4.79 Å². The van der Waals surface area contributed by atoms with Crippen LogP contribution in [0.4, 0.5) is 4.79 Å². The minimum Gasteiger partial charge on any atom is -0.351 e. The molecule has 0 bridgehead atoms. The van der Waals surface area contributed by atoms with Gasteiger partial charge in [-0.3, -0.25) is 5.32 Å². The number of carbonyl (C=O) groups excluding carboxylic acids is 1. The summed E-state index contributed by atoms with van der Waals surface area (Å²) in [5, 5.41) is 24.8. The summed E-state index contributed by atoms with van der Waals surface area (Å²) in [7, 11) is 0. The number of rotatable bonds is 1. The minimum absolute atomic E-state index is 1.19. The average molecular weight is 122 g/mol. The first kappa shape index (κ1) is 7.15. The summed E-state index contributed by atoms with van der Waals surface area (Å²) < 4.78 is 0. The van der Waals surface area contributed by atoms with Gasteiger partial charge < -0.3 is 21.1 Å². The maximum absolute atomic E-state index is 9.65. The van der Waals surface area contributed by atoms with E-state index in [1.165, 1.54) is 5.32 Å². The molecule has 6 heteroatoms. The van der Waals surface area contributed by atoms with Crippen molar-refractivity contribution in [1.82, 2.24) is 5.32 Å². The van der Waals surface area contributed by atoms with Crippen molar-refractivity contribution in [3.05, 3.63) is 0 Å². The van der Waals surface area contributed by atoms with Crippen molar-refractivity contribution in [2.75, 3.05) is 0 Å². The lowest BCUT2D eigenvalue weighted by Gasteiger charge is -2.12. The van der Waals surface area contributed by atoms with Gasteiger partial charge in [-0.2, -0.15) is 0 Å². The Hall–Kier alpha value is -0.850. The highest BCUT2D eigenvalue weighted by molar-refractivity contribution is 5.71. The summed E-state index contributed by atoms with van der Waals surface area (Å²) >= 11 is 0. The lowest BCUT2D eigenvalue weighted by atomic mass is 10.9. The Balaban J connectivity index is 3.55. The van der Waals surface area contributed by atoms with Crippen molar-refractivity contribution in [1.29, 1.82) is 0 Å².